The summed E-state index contributed by atoms with van der Waals surface area (Å²) in [5, 5.41) is 11.2. The highest BCUT2D eigenvalue weighted by Crippen LogP contribution is 2.22. The number of hydrogen-bond donors (Lipinski definition) is 1. The van der Waals surface area contributed by atoms with Crippen LogP contribution in [-0.2, 0) is 19.5 Å². The number of benzene rings is 1. The van der Waals surface area contributed by atoms with Gasteiger partial charge in [0.05, 0.1) is 12.2 Å². The molecule has 0 spiro atoms. The fourth-order valence-corrected chi connectivity index (χ4v) is 3.07. The van der Waals surface area contributed by atoms with Gasteiger partial charge in [-0.1, -0.05) is 30.3 Å². The second-order valence-corrected chi connectivity index (χ2v) is 6.22. The number of amides is 1. The van der Waals surface area contributed by atoms with Crippen molar-refractivity contribution in [1.29, 1.82) is 0 Å². The lowest BCUT2D eigenvalue weighted by Crippen LogP contribution is -2.31. The van der Waals surface area contributed by atoms with Crippen molar-refractivity contribution >= 4 is 11.7 Å². The van der Waals surface area contributed by atoms with Crippen LogP contribution in [0.2, 0.25) is 0 Å². The Morgan fingerprint density at radius 1 is 1.00 bits per heavy atom. The number of nitrogens with one attached hydrogen (secondary N) is 1. The molecule has 1 N–H and O–H groups in total. The summed E-state index contributed by atoms with van der Waals surface area (Å²) < 4.78 is 0. The van der Waals surface area contributed by atoms with Crippen molar-refractivity contribution in [2.24, 2.45) is 0 Å². The van der Waals surface area contributed by atoms with Gasteiger partial charge in [0.25, 0.3) is 5.91 Å². The van der Waals surface area contributed by atoms with Crippen LogP contribution in [0.25, 0.3) is 0 Å². The third-order valence-corrected chi connectivity index (χ3v) is 4.49. The summed E-state index contributed by atoms with van der Waals surface area (Å²) >= 11 is 0. The molecule has 1 aromatic carbocycles. The normalized spacial score (nSPS) is 13.2. The zero-order valence-electron chi connectivity index (χ0n) is 14.3. The summed E-state index contributed by atoms with van der Waals surface area (Å²) in [7, 11) is 0. The number of rotatable bonds is 4. The molecule has 0 unspecified atom stereocenters. The first-order valence-corrected chi connectivity index (χ1v) is 8.63. The summed E-state index contributed by atoms with van der Waals surface area (Å²) in [6.07, 6.45) is 2.69. The van der Waals surface area contributed by atoms with Crippen LogP contribution in [-0.4, -0.2) is 27.6 Å². The molecular formula is C20H19N5O. The molecule has 2 aromatic heterocycles. The van der Waals surface area contributed by atoms with E-state index in [2.05, 4.69) is 49.7 Å². The van der Waals surface area contributed by atoms with Gasteiger partial charge in [-0.15, -0.1) is 10.2 Å². The molecule has 130 valence electrons. The quantitative estimate of drug-likeness (QED) is 0.786. The van der Waals surface area contributed by atoms with Gasteiger partial charge >= 0.3 is 0 Å². The number of anilines is 1. The Kier molecular flexibility index (Phi) is 4.55. The number of pyridine rings is 1. The van der Waals surface area contributed by atoms with E-state index in [4.69, 9.17) is 0 Å². The van der Waals surface area contributed by atoms with E-state index in [0.29, 0.717) is 12.2 Å². The molecule has 0 fully saturated rings. The predicted octanol–water partition coefficient (Wildman–Crippen LogP) is 2.36. The van der Waals surface area contributed by atoms with E-state index in [9.17, 15) is 4.79 Å². The number of carbonyl (C=O) groups excluding carboxylic acids is 1. The molecule has 3 aromatic rings. The average Bonchev–Trinajstić information content (AvgIpc) is 2.72. The lowest BCUT2D eigenvalue weighted by Gasteiger charge is -2.29. The highest BCUT2D eigenvalue weighted by Gasteiger charge is 2.18. The van der Waals surface area contributed by atoms with E-state index in [-0.39, 0.29) is 5.91 Å². The molecule has 0 atom stereocenters. The molecule has 6 heteroatoms. The molecule has 4 rings (SSSR count). The maximum absolute atomic E-state index is 12.2. The number of hydrogen-bond acceptors (Lipinski definition) is 5. The molecule has 0 bridgehead atoms. The Labute approximate surface area is 151 Å². The zero-order chi connectivity index (χ0) is 17.8. The molecule has 6 nitrogen and oxygen atoms in total. The molecule has 0 aliphatic carbocycles. The van der Waals surface area contributed by atoms with Crippen molar-refractivity contribution in [2.75, 3.05) is 11.4 Å². The fraction of sp³-hybridized carbons (Fsp3) is 0.200. The number of nitrogens with zero attached hydrogens (tertiary/aromatic N) is 4. The maximum Gasteiger partial charge on any atom is 0.272 e. The largest absolute Gasteiger partial charge is 0.350 e. The van der Waals surface area contributed by atoms with E-state index in [1.807, 2.05) is 24.3 Å². The number of aromatic nitrogens is 3. The van der Waals surface area contributed by atoms with Gasteiger partial charge in [-0.2, -0.15) is 0 Å². The molecule has 0 saturated carbocycles. The van der Waals surface area contributed by atoms with Crippen LogP contribution in [0.5, 0.6) is 0 Å². The molecule has 1 aliphatic rings. The average molecular weight is 345 g/mol. The highest BCUT2D eigenvalue weighted by molar-refractivity contribution is 5.92. The summed E-state index contributed by atoms with van der Waals surface area (Å²) in [6.45, 7) is 2.08. The smallest absolute Gasteiger partial charge is 0.272 e. The first kappa shape index (κ1) is 16.2. The molecule has 0 saturated heterocycles. The lowest BCUT2D eigenvalue weighted by atomic mass is 10.00. The second-order valence-electron chi connectivity index (χ2n) is 6.22. The van der Waals surface area contributed by atoms with Crippen LogP contribution in [0.1, 0.15) is 27.3 Å². The van der Waals surface area contributed by atoms with Gasteiger partial charge in [0, 0.05) is 19.3 Å². The van der Waals surface area contributed by atoms with E-state index >= 15 is 0 Å². The third-order valence-electron chi connectivity index (χ3n) is 4.49. The summed E-state index contributed by atoms with van der Waals surface area (Å²) in [4.78, 5) is 18.6. The van der Waals surface area contributed by atoms with E-state index in [1.165, 1.54) is 11.1 Å². The van der Waals surface area contributed by atoms with Gasteiger partial charge < -0.3 is 10.2 Å². The van der Waals surface area contributed by atoms with Crippen LogP contribution in [0.4, 0.5) is 5.82 Å². The number of fused-ring (bicyclic) bond motifs is 1. The van der Waals surface area contributed by atoms with Gasteiger partial charge in [-0.3, -0.25) is 9.78 Å². The monoisotopic (exact) mass is 345 g/mol. The summed E-state index contributed by atoms with van der Waals surface area (Å²) in [6, 6.07) is 17.6. The van der Waals surface area contributed by atoms with Crippen LogP contribution in [0.15, 0.2) is 60.8 Å². The van der Waals surface area contributed by atoms with Gasteiger partial charge in [0.1, 0.15) is 0 Å². The Morgan fingerprint density at radius 3 is 2.62 bits per heavy atom. The fourth-order valence-electron chi connectivity index (χ4n) is 3.07. The minimum atomic E-state index is -0.251. The van der Waals surface area contributed by atoms with Gasteiger partial charge in [0.15, 0.2) is 11.5 Å². The van der Waals surface area contributed by atoms with Crippen LogP contribution < -0.4 is 10.2 Å². The predicted molar refractivity (Wildman–Crippen MR) is 98.6 cm³/mol. The standard InChI is InChI=1S/C20H19N5O/c26-20(22-13-17-7-3-4-11-21-17)18-8-9-19(24-23-18)25-12-10-15-5-1-2-6-16(15)14-25/h1-9,11H,10,12-14H2,(H,22,26). The van der Waals surface area contributed by atoms with Gasteiger partial charge in [-0.25, -0.2) is 0 Å². The zero-order valence-corrected chi connectivity index (χ0v) is 14.3. The van der Waals surface area contributed by atoms with Gasteiger partial charge in [0.2, 0.25) is 0 Å². The molecule has 3 heterocycles. The van der Waals surface area contributed by atoms with Crippen molar-refractivity contribution < 1.29 is 4.79 Å². The molecule has 1 amide bonds. The molecule has 0 radical (unpaired) electrons. The Hall–Kier alpha value is -3.28. The van der Waals surface area contributed by atoms with Crippen molar-refractivity contribution in [3.63, 3.8) is 0 Å². The van der Waals surface area contributed by atoms with E-state index in [1.54, 1.807) is 12.3 Å². The van der Waals surface area contributed by atoms with Crippen molar-refractivity contribution in [3.05, 3.63) is 83.3 Å². The van der Waals surface area contributed by atoms with Crippen LogP contribution in [0.3, 0.4) is 0 Å². The minimum absolute atomic E-state index is 0.251. The Balaban J connectivity index is 1.40. The van der Waals surface area contributed by atoms with Gasteiger partial charge in [-0.05, 0) is 41.8 Å². The van der Waals surface area contributed by atoms with Crippen LogP contribution in [0, 0.1) is 0 Å². The summed E-state index contributed by atoms with van der Waals surface area (Å²) in [5.74, 6) is 0.541. The Morgan fingerprint density at radius 2 is 1.85 bits per heavy atom. The molecule has 26 heavy (non-hydrogen) atoms. The molecular weight excluding hydrogens is 326 g/mol. The second kappa shape index (κ2) is 7.31. The van der Waals surface area contributed by atoms with Crippen molar-refractivity contribution in [3.8, 4) is 0 Å². The first-order valence-electron chi connectivity index (χ1n) is 8.63. The summed E-state index contributed by atoms with van der Waals surface area (Å²) in [5.41, 5.74) is 3.82. The highest BCUT2D eigenvalue weighted by atomic mass is 16.1. The van der Waals surface area contributed by atoms with E-state index in [0.717, 1.165) is 31.0 Å². The Bertz CT molecular complexity index is 896. The maximum atomic E-state index is 12.2. The lowest BCUT2D eigenvalue weighted by molar-refractivity contribution is 0.0944. The third kappa shape index (κ3) is 3.54. The topological polar surface area (TPSA) is 71.0 Å². The van der Waals surface area contributed by atoms with Crippen molar-refractivity contribution in [1.82, 2.24) is 20.5 Å². The SMILES string of the molecule is O=C(NCc1ccccn1)c1ccc(N2CCc3ccccc3C2)nn1. The van der Waals surface area contributed by atoms with Crippen molar-refractivity contribution in [2.45, 2.75) is 19.5 Å². The van der Waals surface area contributed by atoms with E-state index < -0.39 is 0 Å². The number of carbonyl (C=O) groups is 1. The van der Waals surface area contributed by atoms with Crippen LogP contribution >= 0.6 is 0 Å². The first-order chi connectivity index (χ1) is 12.8. The molecule has 1 aliphatic heterocycles. The minimum Gasteiger partial charge on any atom is -0.350 e.